The van der Waals surface area contributed by atoms with Gasteiger partial charge >= 0.3 is 0 Å². The van der Waals surface area contributed by atoms with Gasteiger partial charge in [0.1, 0.15) is 5.75 Å². The van der Waals surface area contributed by atoms with Crippen molar-refractivity contribution in [3.8, 4) is 47.1 Å². The Morgan fingerprint density at radius 3 is 2.61 bits per heavy atom. The Morgan fingerprint density at radius 1 is 1.21 bits per heavy atom. The maximum absolute atomic E-state index is 11.7. The number of unbranched alkanes of at least 4 members (excludes halogenated alkanes) is 1. The highest BCUT2D eigenvalue weighted by atomic mass is 16.5. The first-order valence-corrected chi connectivity index (χ1v) is 13.0. The number of carbonyl (C=O) groups is 1. The summed E-state index contributed by atoms with van der Waals surface area (Å²) in [5.74, 6) is 9.58. The second kappa shape index (κ2) is 14.2. The summed E-state index contributed by atoms with van der Waals surface area (Å²) in [7, 11) is 1.64. The van der Waals surface area contributed by atoms with Gasteiger partial charge in [-0.3, -0.25) is 10.1 Å². The van der Waals surface area contributed by atoms with Gasteiger partial charge in [-0.25, -0.2) is 0 Å². The summed E-state index contributed by atoms with van der Waals surface area (Å²) >= 11 is 0. The van der Waals surface area contributed by atoms with Crippen LogP contribution in [0.15, 0.2) is 42.0 Å². The van der Waals surface area contributed by atoms with E-state index < -0.39 is 0 Å². The Bertz CT molecular complexity index is 1340. The molecule has 0 amide bonds. The number of allylic oxidation sites excluding steroid dienone is 2. The second-order valence-corrected chi connectivity index (χ2v) is 9.19. The number of rotatable bonds is 14. The number of ether oxygens (including phenoxy) is 2. The van der Waals surface area contributed by atoms with Crippen molar-refractivity contribution < 1.29 is 15.7 Å². The number of ketones is 1. The van der Waals surface area contributed by atoms with E-state index in [9.17, 15) is 10.1 Å². The lowest BCUT2D eigenvalue weighted by Gasteiger charge is -2.20. The average Bonchev–Trinajstić information content (AvgIpc) is 3.73. The molecule has 0 aromatic heterocycles. The van der Waals surface area contributed by atoms with Crippen LogP contribution < -0.4 is 10.1 Å². The van der Waals surface area contributed by atoms with E-state index in [4.69, 9.17) is 15.9 Å². The van der Waals surface area contributed by atoms with Gasteiger partial charge in [-0.2, -0.15) is 5.26 Å². The predicted octanol–water partition coefficient (Wildman–Crippen LogP) is 5.77. The van der Waals surface area contributed by atoms with Gasteiger partial charge in [0, 0.05) is 45.0 Å². The van der Waals surface area contributed by atoms with Crippen LogP contribution in [0.2, 0.25) is 0 Å². The summed E-state index contributed by atoms with van der Waals surface area (Å²) < 4.78 is 11.6. The standard InChI is InChI=1S/C33H35N2O3.H2/c1-6-9-10-16-38-29(8-3)22-35-28(21-34)18-27-13-12-25(19-33(27)37-5)24-14-15-30(26(17-24)11-7-2)32-20-31(32)23(4)36;/h1,12-15,17,19-20,28-29,35H,8-10,16,18,22H2,2-5H3;1H/t28-,29-;/m0./s1. The molecule has 0 heterocycles. The van der Waals surface area contributed by atoms with E-state index in [0.717, 1.165) is 57.6 Å². The van der Waals surface area contributed by atoms with Crippen LogP contribution >= 0.6 is 0 Å². The molecule has 1 aliphatic rings. The van der Waals surface area contributed by atoms with E-state index in [2.05, 4.69) is 36.1 Å². The van der Waals surface area contributed by atoms with Crippen LogP contribution in [-0.2, 0) is 16.0 Å². The number of hydrogen-bond acceptors (Lipinski definition) is 5. The Labute approximate surface area is 228 Å². The summed E-state index contributed by atoms with van der Waals surface area (Å²) in [6.45, 7) is 6.67. The largest absolute Gasteiger partial charge is 0.496 e. The minimum absolute atomic E-state index is 0. The molecular formula is C33H37N2O3. The number of terminal acetylenes is 1. The van der Waals surface area contributed by atoms with Gasteiger partial charge in [0.2, 0.25) is 0 Å². The van der Waals surface area contributed by atoms with Gasteiger partial charge in [0.05, 0.1) is 25.3 Å². The van der Waals surface area contributed by atoms with Crippen molar-refractivity contribution in [2.45, 2.75) is 58.6 Å². The van der Waals surface area contributed by atoms with Crippen LogP contribution in [0.3, 0.4) is 0 Å². The van der Waals surface area contributed by atoms with Gasteiger partial charge < -0.3 is 9.47 Å². The van der Waals surface area contributed by atoms with Crippen molar-refractivity contribution in [3.63, 3.8) is 0 Å². The van der Waals surface area contributed by atoms with E-state index >= 15 is 0 Å². The second-order valence-electron chi connectivity index (χ2n) is 9.19. The highest BCUT2D eigenvalue weighted by Crippen LogP contribution is 2.41. The fraction of sp³-hybridized carbons (Fsp3) is 0.364. The number of nitrogens with one attached hydrogen (secondary N) is 1. The van der Waals surface area contributed by atoms with Gasteiger partial charge in [0.15, 0.2) is 5.78 Å². The quantitative estimate of drug-likeness (QED) is 0.258. The highest BCUT2D eigenvalue weighted by Gasteiger charge is 2.28. The summed E-state index contributed by atoms with van der Waals surface area (Å²) in [6, 6.07) is 14.1. The summed E-state index contributed by atoms with van der Waals surface area (Å²) in [4.78, 5) is 11.7. The van der Waals surface area contributed by atoms with Crippen molar-refractivity contribution in [1.29, 1.82) is 5.26 Å². The first kappa shape index (κ1) is 28.7. The van der Waals surface area contributed by atoms with Crippen molar-refractivity contribution in [2.75, 3.05) is 20.3 Å². The molecule has 2 aromatic carbocycles. The molecule has 2 aromatic rings. The lowest BCUT2D eigenvalue weighted by atomic mass is 9.95. The number of nitriles is 1. The molecule has 5 nitrogen and oxygen atoms in total. The van der Waals surface area contributed by atoms with Crippen molar-refractivity contribution in [3.05, 3.63) is 65.1 Å². The van der Waals surface area contributed by atoms with Gasteiger partial charge in [-0.1, -0.05) is 37.1 Å². The molecule has 0 unspecified atom stereocenters. The molecule has 3 rings (SSSR count). The van der Waals surface area contributed by atoms with Gasteiger partial charge in [0.25, 0.3) is 0 Å². The van der Waals surface area contributed by atoms with Crippen LogP contribution in [0.5, 0.6) is 5.75 Å². The molecule has 1 aliphatic carbocycles. The molecule has 0 spiro atoms. The fourth-order valence-electron chi connectivity index (χ4n) is 4.31. The van der Waals surface area contributed by atoms with Crippen LogP contribution in [0.4, 0.5) is 0 Å². The predicted molar refractivity (Wildman–Crippen MR) is 154 cm³/mol. The first-order chi connectivity index (χ1) is 18.4. The zero-order valence-electron chi connectivity index (χ0n) is 22.7. The molecule has 5 heteroatoms. The summed E-state index contributed by atoms with van der Waals surface area (Å²) in [5.41, 5.74) is 6.54. The molecule has 0 bridgehead atoms. The van der Waals surface area contributed by atoms with E-state index in [-0.39, 0.29) is 19.4 Å². The van der Waals surface area contributed by atoms with Crippen molar-refractivity contribution in [1.82, 2.24) is 5.32 Å². The number of hydrogen-bond donors (Lipinski definition) is 1. The first-order valence-electron chi connectivity index (χ1n) is 13.0. The third kappa shape index (κ3) is 7.60. The smallest absolute Gasteiger partial charge is 0.156 e. The van der Waals surface area contributed by atoms with Crippen LogP contribution in [0.25, 0.3) is 16.7 Å². The SMILES string of the molecule is C#CCCCO[C@@H](CC)CN[C@H](C#N)Cc1ccc(-c2ccc(C3=C(C(C)=O)[CH]3)c(C#CC)c2)cc1OC.[HH]. The van der Waals surface area contributed by atoms with E-state index in [1.54, 1.807) is 21.0 Å². The van der Waals surface area contributed by atoms with Crippen LogP contribution in [-0.4, -0.2) is 38.2 Å². The molecule has 2 atom stereocenters. The molecule has 0 fully saturated rings. The maximum Gasteiger partial charge on any atom is 0.156 e. The van der Waals surface area contributed by atoms with Gasteiger partial charge in [-0.15, -0.1) is 18.3 Å². The monoisotopic (exact) mass is 509 g/mol. The molecule has 1 radical (unpaired) electrons. The minimum atomic E-state index is -0.373. The van der Waals surface area contributed by atoms with Crippen molar-refractivity contribution in [2.24, 2.45) is 0 Å². The number of Topliss-reactive ketones (excluding diaryl/α,β-unsaturated/α-hetero) is 1. The Morgan fingerprint density at radius 2 is 1.97 bits per heavy atom. The lowest BCUT2D eigenvalue weighted by molar-refractivity contribution is -0.113. The fourth-order valence-corrected chi connectivity index (χ4v) is 4.31. The summed E-state index contributed by atoms with van der Waals surface area (Å²) in [6.07, 6.45) is 10.1. The Balaban J connectivity index is 0.00000533. The van der Waals surface area contributed by atoms with Crippen LogP contribution in [0, 0.1) is 41.9 Å². The highest BCUT2D eigenvalue weighted by molar-refractivity contribution is 6.17. The Kier molecular flexibility index (Phi) is 10.7. The van der Waals surface area contributed by atoms with Crippen molar-refractivity contribution >= 4 is 11.4 Å². The number of benzene rings is 2. The molecule has 0 saturated carbocycles. The van der Waals surface area contributed by atoms with E-state index in [0.29, 0.717) is 26.0 Å². The van der Waals surface area contributed by atoms with Gasteiger partial charge in [-0.05, 0) is 66.6 Å². The third-order valence-corrected chi connectivity index (χ3v) is 6.51. The average molecular weight is 510 g/mol. The van der Waals surface area contributed by atoms with E-state index in [1.165, 1.54) is 0 Å². The molecule has 1 N–H and O–H groups in total. The molecule has 197 valence electrons. The molecular weight excluding hydrogens is 472 g/mol. The zero-order valence-corrected chi connectivity index (χ0v) is 22.7. The Hall–Kier alpha value is -3.82. The molecule has 0 saturated heterocycles. The molecule has 0 aliphatic heterocycles. The lowest BCUT2D eigenvalue weighted by Crippen LogP contribution is -2.37. The topological polar surface area (TPSA) is 71.3 Å². The molecule has 38 heavy (non-hydrogen) atoms. The normalized spacial score (nSPS) is 13.5. The third-order valence-electron chi connectivity index (χ3n) is 6.51. The minimum Gasteiger partial charge on any atom is -0.496 e. The van der Waals surface area contributed by atoms with E-state index in [1.807, 2.05) is 42.8 Å². The zero-order chi connectivity index (χ0) is 27.5. The number of carbonyl (C=O) groups excluding carboxylic acids is 1. The van der Waals surface area contributed by atoms with Crippen LogP contribution in [0.1, 0.15) is 58.2 Å². The number of methoxy groups -OCH3 is 1. The summed E-state index contributed by atoms with van der Waals surface area (Å²) in [5, 5.41) is 13.1. The maximum atomic E-state index is 11.7. The number of nitrogens with zero attached hydrogens (tertiary/aromatic N) is 1.